The number of carbonyl (C=O) groups excluding carboxylic acids is 1. The van der Waals surface area contributed by atoms with E-state index in [0.29, 0.717) is 30.6 Å². The third-order valence-electron chi connectivity index (χ3n) is 4.27. The average molecular weight is 374 g/mol. The van der Waals surface area contributed by atoms with Gasteiger partial charge in [-0.1, -0.05) is 5.16 Å². The molecular formula is C17H18N4O2S2. The van der Waals surface area contributed by atoms with Crippen molar-refractivity contribution in [2.24, 2.45) is 5.92 Å². The van der Waals surface area contributed by atoms with Crippen molar-refractivity contribution >= 4 is 33.7 Å². The molecule has 1 aliphatic heterocycles. The molecule has 8 heteroatoms. The van der Waals surface area contributed by atoms with E-state index in [4.69, 9.17) is 4.52 Å². The Morgan fingerprint density at radius 1 is 1.40 bits per heavy atom. The molecule has 25 heavy (non-hydrogen) atoms. The molecule has 0 spiro atoms. The van der Waals surface area contributed by atoms with Crippen LogP contribution in [0.15, 0.2) is 38.9 Å². The van der Waals surface area contributed by atoms with Gasteiger partial charge in [-0.2, -0.15) is 16.3 Å². The summed E-state index contributed by atoms with van der Waals surface area (Å²) in [5.74, 6) is 1.63. The zero-order valence-electron chi connectivity index (χ0n) is 13.6. The molecular weight excluding hydrogens is 356 g/mol. The third-order valence-corrected chi connectivity index (χ3v) is 5.74. The van der Waals surface area contributed by atoms with E-state index < -0.39 is 0 Å². The SMILES string of the molecule is O=C(Nc1cccs1)N1CCCC(Cc2nc(-c3ccsc3)no2)C1. The van der Waals surface area contributed by atoms with Crippen LogP contribution in [0.4, 0.5) is 9.80 Å². The Bertz CT molecular complexity index is 814. The van der Waals surface area contributed by atoms with Crippen molar-refractivity contribution in [3.63, 3.8) is 0 Å². The number of nitrogens with zero attached hydrogens (tertiary/aromatic N) is 3. The Balaban J connectivity index is 1.36. The van der Waals surface area contributed by atoms with Gasteiger partial charge >= 0.3 is 6.03 Å². The third kappa shape index (κ3) is 3.91. The maximum Gasteiger partial charge on any atom is 0.322 e. The molecule has 0 radical (unpaired) electrons. The second-order valence-corrected chi connectivity index (χ2v) is 7.82. The number of likely N-dealkylation sites (tertiary alicyclic amines) is 1. The molecule has 1 N–H and O–H groups in total. The lowest BCUT2D eigenvalue weighted by Crippen LogP contribution is -2.42. The number of aromatic nitrogens is 2. The fraction of sp³-hybridized carbons (Fsp3) is 0.353. The molecule has 1 saturated heterocycles. The van der Waals surface area contributed by atoms with Crippen molar-refractivity contribution in [1.82, 2.24) is 15.0 Å². The maximum absolute atomic E-state index is 12.4. The number of hydrogen-bond donors (Lipinski definition) is 1. The van der Waals surface area contributed by atoms with Crippen molar-refractivity contribution in [2.45, 2.75) is 19.3 Å². The van der Waals surface area contributed by atoms with Crippen molar-refractivity contribution in [3.8, 4) is 11.4 Å². The summed E-state index contributed by atoms with van der Waals surface area (Å²) in [5.41, 5.74) is 0.987. The summed E-state index contributed by atoms with van der Waals surface area (Å²) in [5, 5.41) is 13.8. The molecule has 4 heterocycles. The minimum Gasteiger partial charge on any atom is -0.339 e. The summed E-state index contributed by atoms with van der Waals surface area (Å²) in [7, 11) is 0. The number of urea groups is 1. The Morgan fingerprint density at radius 3 is 3.16 bits per heavy atom. The summed E-state index contributed by atoms with van der Waals surface area (Å²) in [4.78, 5) is 18.8. The lowest BCUT2D eigenvalue weighted by atomic mass is 9.95. The maximum atomic E-state index is 12.4. The topological polar surface area (TPSA) is 71.3 Å². The fourth-order valence-electron chi connectivity index (χ4n) is 3.04. The average Bonchev–Trinajstić information content (AvgIpc) is 3.37. The second-order valence-electron chi connectivity index (χ2n) is 6.09. The highest BCUT2D eigenvalue weighted by Gasteiger charge is 2.25. The molecule has 1 unspecified atom stereocenters. The van der Waals surface area contributed by atoms with Crippen molar-refractivity contribution < 1.29 is 9.32 Å². The van der Waals surface area contributed by atoms with Crippen molar-refractivity contribution in [2.75, 3.05) is 18.4 Å². The van der Waals surface area contributed by atoms with Gasteiger partial charge in [-0.3, -0.25) is 5.32 Å². The zero-order chi connectivity index (χ0) is 17.1. The summed E-state index contributed by atoms with van der Waals surface area (Å²) in [6.45, 7) is 1.51. The van der Waals surface area contributed by atoms with Gasteiger partial charge in [0.1, 0.15) is 0 Å². The Kier molecular flexibility index (Phi) is 4.80. The predicted molar refractivity (Wildman–Crippen MR) is 98.9 cm³/mol. The van der Waals surface area contributed by atoms with Crippen LogP contribution in [-0.4, -0.2) is 34.2 Å². The lowest BCUT2D eigenvalue weighted by Gasteiger charge is -2.32. The number of piperidine rings is 1. The first-order chi connectivity index (χ1) is 12.3. The van der Waals surface area contributed by atoms with Gasteiger partial charge < -0.3 is 9.42 Å². The number of hydrogen-bond acceptors (Lipinski definition) is 6. The molecule has 130 valence electrons. The summed E-state index contributed by atoms with van der Waals surface area (Å²) >= 11 is 3.14. The van der Waals surface area contributed by atoms with Crippen LogP contribution >= 0.6 is 22.7 Å². The van der Waals surface area contributed by atoms with E-state index in [0.717, 1.165) is 30.0 Å². The van der Waals surface area contributed by atoms with Gasteiger partial charge in [0, 0.05) is 30.5 Å². The van der Waals surface area contributed by atoms with Crippen LogP contribution in [-0.2, 0) is 6.42 Å². The molecule has 0 aromatic carbocycles. The summed E-state index contributed by atoms with van der Waals surface area (Å²) in [6, 6.07) is 5.79. The first-order valence-corrected chi connectivity index (χ1v) is 10.0. The van der Waals surface area contributed by atoms with E-state index in [1.807, 2.05) is 39.2 Å². The second kappa shape index (κ2) is 7.37. The standard InChI is InChI=1S/C17H18N4O2S2/c22-17(19-15-4-2-7-25-15)21-6-1-3-12(10-21)9-14-18-16(20-23-14)13-5-8-24-11-13/h2,4-5,7-8,11-12H,1,3,6,9-10H2,(H,19,22). The molecule has 2 amide bonds. The smallest absolute Gasteiger partial charge is 0.322 e. The number of rotatable bonds is 4. The predicted octanol–water partition coefficient (Wildman–Crippen LogP) is 4.35. The first-order valence-electron chi connectivity index (χ1n) is 8.22. The first kappa shape index (κ1) is 16.3. The molecule has 6 nitrogen and oxygen atoms in total. The molecule has 0 saturated carbocycles. The van der Waals surface area contributed by atoms with Crippen molar-refractivity contribution in [3.05, 3.63) is 40.2 Å². The largest absolute Gasteiger partial charge is 0.339 e. The Labute approximate surface area is 153 Å². The van der Waals surface area contributed by atoms with Gasteiger partial charge in [-0.05, 0) is 47.7 Å². The molecule has 1 aliphatic rings. The van der Waals surface area contributed by atoms with Crippen LogP contribution in [0.25, 0.3) is 11.4 Å². The van der Waals surface area contributed by atoms with Crippen LogP contribution in [0.2, 0.25) is 0 Å². The monoisotopic (exact) mass is 374 g/mol. The van der Waals surface area contributed by atoms with E-state index >= 15 is 0 Å². The minimum atomic E-state index is -0.0309. The highest BCUT2D eigenvalue weighted by Crippen LogP contribution is 2.24. The van der Waals surface area contributed by atoms with E-state index in [2.05, 4.69) is 15.5 Å². The number of anilines is 1. The van der Waals surface area contributed by atoms with Crippen LogP contribution in [0.5, 0.6) is 0 Å². The molecule has 4 rings (SSSR count). The van der Waals surface area contributed by atoms with Crippen LogP contribution in [0, 0.1) is 5.92 Å². The Hall–Kier alpha value is -2.19. The van der Waals surface area contributed by atoms with Crippen LogP contribution < -0.4 is 5.32 Å². The number of thiophene rings is 2. The number of amides is 2. The van der Waals surface area contributed by atoms with Gasteiger partial charge in [0.2, 0.25) is 11.7 Å². The minimum absolute atomic E-state index is 0.0309. The normalized spacial score (nSPS) is 17.6. The van der Waals surface area contributed by atoms with Gasteiger partial charge in [-0.25, -0.2) is 4.79 Å². The van der Waals surface area contributed by atoms with E-state index in [1.165, 1.54) is 11.3 Å². The Morgan fingerprint density at radius 2 is 2.36 bits per heavy atom. The van der Waals surface area contributed by atoms with Gasteiger partial charge in [0.15, 0.2) is 0 Å². The highest BCUT2D eigenvalue weighted by molar-refractivity contribution is 7.14. The highest BCUT2D eigenvalue weighted by atomic mass is 32.1. The fourth-order valence-corrected chi connectivity index (χ4v) is 4.29. The zero-order valence-corrected chi connectivity index (χ0v) is 15.2. The van der Waals surface area contributed by atoms with E-state index in [9.17, 15) is 4.79 Å². The molecule has 0 aliphatic carbocycles. The molecule has 0 bridgehead atoms. The molecule has 1 fully saturated rings. The summed E-state index contributed by atoms with van der Waals surface area (Å²) in [6.07, 6.45) is 2.77. The van der Waals surface area contributed by atoms with Crippen LogP contribution in [0.3, 0.4) is 0 Å². The molecule has 3 aromatic heterocycles. The van der Waals surface area contributed by atoms with Crippen molar-refractivity contribution in [1.29, 1.82) is 0 Å². The summed E-state index contributed by atoms with van der Waals surface area (Å²) < 4.78 is 5.40. The van der Waals surface area contributed by atoms with Gasteiger partial charge in [0.25, 0.3) is 0 Å². The molecule has 1 atom stereocenters. The van der Waals surface area contributed by atoms with E-state index in [-0.39, 0.29) is 6.03 Å². The van der Waals surface area contributed by atoms with Crippen LogP contribution in [0.1, 0.15) is 18.7 Å². The quantitative estimate of drug-likeness (QED) is 0.737. The van der Waals surface area contributed by atoms with Gasteiger partial charge in [-0.15, -0.1) is 11.3 Å². The number of nitrogens with one attached hydrogen (secondary N) is 1. The van der Waals surface area contributed by atoms with E-state index in [1.54, 1.807) is 11.3 Å². The number of carbonyl (C=O) groups is 1. The van der Waals surface area contributed by atoms with Gasteiger partial charge in [0.05, 0.1) is 5.00 Å². The lowest BCUT2D eigenvalue weighted by molar-refractivity contribution is 0.173. The molecule has 3 aromatic rings.